The Labute approximate surface area is 158 Å². The summed E-state index contributed by atoms with van der Waals surface area (Å²) >= 11 is 1.48. The van der Waals surface area contributed by atoms with Gasteiger partial charge in [0.2, 0.25) is 5.78 Å². The van der Waals surface area contributed by atoms with Gasteiger partial charge in [0, 0.05) is 10.9 Å². The fraction of sp³-hybridized carbons (Fsp3) is 0.0476. The number of ketones is 1. The molecule has 4 nitrogen and oxygen atoms in total. The number of halogens is 1. The van der Waals surface area contributed by atoms with Gasteiger partial charge in [-0.15, -0.1) is 11.3 Å². The number of ether oxygens (including phenoxy) is 2. The summed E-state index contributed by atoms with van der Waals surface area (Å²) in [5.74, 6) is -0.382. The van der Waals surface area contributed by atoms with E-state index in [1.54, 1.807) is 24.3 Å². The van der Waals surface area contributed by atoms with E-state index in [2.05, 4.69) is 0 Å². The van der Waals surface area contributed by atoms with Crippen molar-refractivity contribution < 1.29 is 23.5 Å². The number of carbonyl (C=O) groups is 2. The summed E-state index contributed by atoms with van der Waals surface area (Å²) in [6.07, 6.45) is 1.66. The minimum atomic E-state index is -0.396. The van der Waals surface area contributed by atoms with Gasteiger partial charge < -0.3 is 9.47 Å². The van der Waals surface area contributed by atoms with Gasteiger partial charge in [0.05, 0.1) is 12.0 Å². The Bertz CT molecular complexity index is 1050. The van der Waals surface area contributed by atoms with E-state index in [-0.39, 0.29) is 18.0 Å². The maximum absolute atomic E-state index is 13.3. The van der Waals surface area contributed by atoms with Crippen LogP contribution in [0.1, 0.15) is 20.8 Å². The summed E-state index contributed by atoms with van der Waals surface area (Å²) < 4.78 is 24.2. The van der Waals surface area contributed by atoms with E-state index in [1.165, 1.54) is 35.6 Å². The van der Waals surface area contributed by atoms with Crippen LogP contribution >= 0.6 is 11.3 Å². The largest absolute Gasteiger partial charge is 0.452 e. The van der Waals surface area contributed by atoms with Crippen LogP contribution in [0.2, 0.25) is 0 Å². The first-order chi connectivity index (χ1) is 13.1. The van der Waals surface area contributed by atoms with E-state index < -0.39 is 11.8 Å². The molecular weight excluding hydrogens is 367 g/mol. The molecule has 4 rings (SSSR count). The topological polar surface area (TPSA) is 52.6 Å². The zero-order valence-electron chi connectivity index (χ0n) is 14.0. The van der Waals surface area contributed by atoms with Gasteiger partial charge in [-0.2, -0.15) is 0 Å². The quantitative estimate of drug-likeness (QED) is 0.376. The highest BCUT2D eigenvalue weighted by molar-refractivity contribution is 7.10. The Morgan fingerprint density at radius 2 is 2.04 bits per heavy atom. The van der Waals surface area contributed by atoms with Crippen LogP contribution in [0.5, 0.6) is 11.5 Å². The van der Waals surface area contributed by atoms with Gasteiger partial charge >= 0.3 is 5.97 Å². The molecule has 1 aliphatic rings. The first-order valence-corrected chi connectivity index (χ1v) is 9.03. The number of benzene rings is 2. The van der Waals surface area contributed by atoms with Crippen LogP contribution in [0.25, 0.3) is 6.08 Å². The molecule has 6 heteroatoms. The molecule has 2 aromatic carbocycles. The molecule has 2 heterocycles. The van der Waals surface area contributed by atoms with Crippen LogP contribution in [0.3, 0.4) is 0 Å². The molecule has 0 N–H and O–H groups in total. The molecule has 0 fully saturated rings. The lowest BCUT2D eigenvalue weighted by Gasteiger charge is -2.05. The summed E-state index contributed by atoms with van der Waals surface area (Å²) in [5, 5.41) is 1.89. The van der Waals surface area contributed by atoms with E-state index in [1.807, 2.05) is 17.5 Å². The van der Waals surface area contributed by atoms with Crippen molar-refractivity contribution in [2.75, 3.05) is 0 Å². The lowest BCUT2D eigenvalue weighted by Crippen LogP contribution is -2.10. The number of hydrogen-bond acceptors (Lipinski definition) is 5. The summed E-state index contributed by atoms with van der Waals surface area (Å²) in [7, 11) is 0. The predicted molar refractivity (Wildman–Crippen MR) is 99.4 cm³/mol. The van der Waals surface area contributed by atoms with Gasteiger partial charge in [0.25, 0.3) is 0 Å². The summed E-state index contributed by atoms with van der Waals surface area (Å²) in [6, 6.07) is 14.2. The molecule has 1 aromatic heterocycles. The lowest BCUT2D eigenvalue weighted by molar-refractivity contribution is -0.133. The van der Waals surface area contributed by atoms with Crippen LogP contribution < -0.4 is 9.47 Å². The van der Waals surface area contributed by atoms with E-state index in [0.29, 0.717) is 22.6 Å². The number of carbonyl (C=O) groups excluding carboxylic acids is 2. The smallest absolute Gasteiger partial charge is 0.316 e. The third-order valence-electron chi connectivity index (χ3n) is 3.92. The molecule has 134 valence electrons. The number of fused-ring (bicyclic) bond motifs is 1. The Morgan fingerprint density at radius 1 is 1.15 bits per heavy atom. The molecule has 1 aliphatic heterocycles. The minimum Gasteiger partial charge on any atom is -0.452 e. The SMILES string of the molecule is O=C(Cc1cccs1)Oc1ccc2c(c1)O/C(=C\c1cccc(F)c1)C2=O. The summed E-state index contributed by atoms with van der Waals surface area (Å²) in [4.78, 5) is 25.4. The maximum Gasteiger partial charge on any atom is 0.316 e. The van der Waals surface area contributed by atoms with Crippen molar-refractivity contribution >= 4 is 29.2 Å². The molecule has 0 amide bonds. The highest BCUT2D eigenvalue weighted by Crippen LogP contribution is 2.35. The highest BCUT2D eigenvalue weighted by Gasteiger charge is 2.28. The van der Waals surface area contributed by atoms with Crippen molar-refractivity contribution in [2.24, 2.45) is 0 Å². The van der Waals surface area contributed by atoms with Gasteiger partial charge in [-0.25, -0.2) is 4.39 Å². The number of Topliss-reactive ketones (excluding diaryl/α,β-unsaturated/α-hetero) is 1. The molecule has 0 saturated carbocycles. The molecule has 0 radical (unpaired) electrons. The van der Waals surface area contributed by atoms with Crippen LogP contribution in [-0.2, 0) is 11.2 Å². The molecule has 0 atom stereocenters. The lowest BCUT2D eigenvalue weighted by atomic mass is 10.1. The number of hydrogen-bond donors (Lipinski definition) is 0. The standard InChI is InChI=1S/C21H13FO4S/c22-14-4-1-3-13(9-14)10-19-21(24)17-7-6-15(11-18(17)26-19)25-20(23)12-16-5-2-8-27-16/h1-11H,12H2/b19-10-. The highest BCUT2D eigenvalue weighted by atomic mass is 32.1. The fourth-order valence-electron chi connectivity index (χ4n) is 2.70. The Kier molecular flexibility index (Phi) is 4.56. The molecular formula is C21H13FO4S. The number of rotatable bonds is 4. The van der Waals surface area contributed by atoms with E-state index in [9.17, 15) is 14.0 Å². The number of thiophene rings is 1. The third-order valence-corrected chi connectivity index (χ3v) is 4.79. The van der Waals surface area contributed by atoms with Gasteiger partial charge in [-0.1, -0.05) is 18.2 Å². The average Bonchev–Trinajstić information content (AvgIpc) is 3.23. The Hall–Kier alpha value is -3.25. The zero-order valence-corrected chi connectivity index (χ0v) is 14.8. The van der Waals surface area contributed by atoms with E-state index >= 15 is 0 Å². The van der Waals surface area contributed by atoms with E-state index in [4.69, 9.17) is 9.47 Å². The van der Waals surface area contributed by atoms with Crippen molar-refractivity contribution in [3.05, 3.63) is 87.6 Å². The minimum absolute atomic E-state index is 0.0951. The van der Waals surface area contributed by atoms with Crippen molar-refractivity contribution in [3.8, 4) is 11.5 Å². The first kappa shape index (κ1) is 17.2. The third kappa shape index (κ3) is 3.80. The normalized spacial score (nSPS) is 14.1. The van der Waals surface area contributed by atoms with Gasteiger partial charge in [-0.3, -0.25) is 9.59 Å². The molecule has 0 bridgehead atoms. The summed E-state index contributed by atoms with van der Waals surface area (Å²) in [6.45, 7) is 0. The van der Waals surface area contributed by atoms with Gasteiger partial charge in [-0.05, 0) is 47.4 Å². The summed E-state index contributed by atoms with van der Waals surface area (Å²) in [5.41, 5.74) is 0.893. The van der Waals surface area contributed by atoms with Crippen LogP contribution in [0.4, 0.5) is 4.39 Å². The molecule has 0 saturated heterocycles. The van der Waals surface area contributed by atoms with Crippen molar-refractivity contribution in [3.63, 3.8) is 0 Å². The maximum atomic E-state index is 13.3. The fourth-order valence-corrected chi connectivity index (χ4v) is 3.39. The Balaban J connectivity index is 1.51. The van der Waals surface area contributed by atoms with Gasteiger partial charge in [0.1, 0.15) is 17.3 Å². The van der Waals surface area contributed by atoms with Crippen molar-refractivity contribution in [1.29, 1.82) is 0 Å². The van der Waals surface area contributed by atoms with Crippen molar-refractivity contribution in [1.82, 2.24) is 0 Å². The monoisotopic (exact) mass is 380 g/mol. The van der Waals surface area contributed by atoms with Crippen LogP contribution in [-0.4, -0.2) is 11.8 Å². The second-order valence-corrected chi connectivity index (χ2v) is 6.92. The number of esters is 1. The molecule has 3 aromatic rings. The second-order valence-electron chi connectivity index (χ2n) is 5.88. The second kappa shape index (κ2) is 7.17. The van der Waals surface area contributed by atoms with Crippen molar-refractivity contribution in [2.45, 2.75) is 6.42 Å². The van der Waals surface area contributed by atoms with Crippen LogP contribution in [0.15, 0.2) is 65.7 Å². The van der Waals surface area contributed by atoms with E-state index in [0.717, 1.165) is 4.88 Å². The molecule has 27 heavy (non-hydrogen) atoms. The predicted octanol–water partition coefficient (Wildman–Crippen LogP) is 4.65. The zero-order chi connectivity index (χ0) is 18.8. The number of allylic oxidation sites excluding steroid dienone is 1. The average molecular weight is 380 g/mol. The molecule has 0 aliphatic carbocycles. The Morgan fingerprint density at radius 3 is 2.81 bits per heavy atom. The first-order valence-electron chi connectivity index (χ1n) is 8.15. The molecule has 0 unspecified atom stereocenters. The van der Waals surface area contributed by atoms with Gasteiger partial charge in [0.15, 0.2) is 5.76 Å². The molecule has 0 spiro atoms. The van der Waals surface area contributed by atoms with Crippen LogP contribution in [0, 0.1) is 5.82 Å².